The summed E-state index contributed by atoms with van der Waals surface area (Å²) in [5, 5.41) is 130. The van der Waals surface area contributed by atoms with Gasteiger partial charge in [-0.2, -0.15) is 0 Å². The van der Waals surface area contributed by atoms with Gasteiger partial charge in [0.2, 0.25) is 53.4 Å². The highest BCUT2D eigenvalue weighted by atomic mass is 35.5. The number of benzene rings is 5. The van der Waals surface area contributed by atoms with Crippen LogP contribution in [-0.2, 0) is 52.6 Å². The van der Waals surface area contributed by atoms with Crippen LogP contribution < -0.4 is 62.9 Å². The number of amides is 7. The van der Waals surface area contributed by atoms with Crippen molar-refractivity contribution in [2.75, 3.05) is 13.6 Å². The molecule has 2 fully saturated rings. The van der Waals surface area contributed by atoms with Crippen LogP contribution in [0.15, 0.2) is 78.9 Å². The number of phenols is 3. The molecule has 33 nitrogen and oxygen atoms in total. The number of primary amides is 1. The number of rotatable bonds is 13. The van der Waals surface area contributed by atoms with Gasteiger partial charge in [-0.15, -0.1) is 0 Å². The summed E-state index contributed by atoms with van der Waals surface area (Å²) in [6.45, 7) is 2.32. The van der Waals surface area contributed by atoms with E-state index in [1.165, 1.54) is 13.8 Å². The molecule has 5 aromatic rings. The number of aliphatic hydroxyl groups is 6. The maximum atomic E-state index is 16.0. The van der Waals surface area contributed by atoms with Crippen molar-refractivity contribution in [3.63, 3.8) is 0 Å². The Kier molecular flexibility index (Phi) is 21.0. The van der Waals surface area contributed by atoms with Gasteiger partial charge in [0.05, 0.1) is 41.3 Å². The van der Waals surface area contributed by atoms with Gasteiger partial charge in [-0.1, -0.05) is 55.2 Å². The van der Waals surface area contributed by atoms with Crippen molar-refractivity contribution >= 4 is 70.5 Å². The first kappa shape index (κ1) is 70.2. The maximum Gasteiger partial charge on any atom is 0.330 e. The topological polar surface area (TPSA) is 530 Å². The number of aromatic hydroxyl groups is 3. The highest BCUT2D eigenvalue weighted by Gasteiger charge is 2.51. The third kappa shape index (κ3) is 15.8. The average Bonchev–Trinajstić information content (AvgIpc) is 0.770. The number of hydrogen-bond acceptors (Lipinski definition) is 25. The Morgan fingerprint density at radius 2 is 1.35 bits per heavy atom. The minimum atomic E-state index is -2.95. The predicted molar refractivity (Wildman–Crippen MR) is 349 cm³/mol. The zero-order chi connectivity index (χ0) is 76.0. The van der Waals surface area contributed by atoms with Crippen molar-refractivity contribution < 1.29 is 122 Å². The summed E-state index contributed by atoms with van der Waals surface area (Å²) in [6.07, 6.45) is -19.4. The molecule has 0 radical (unpaired) electrons. The molecule has 542 valence electrons. The molecule has 5 aromatic carbocycles. The normalized spacial score (nSPS) is 30.0. The van der Waals surface area contributed by atoms with Crippen LogP contribution in [-0.4, -0.2) is 191 Å². The maximum absolute atomic E-state index is 16.0. The fourth-order valence-corrected chi connectivity index (χ4v) is 12.8. The Labute approximate surface area is 588 Å². The monoisotopic (exact) mass is 1450 g/mol. The molecule has 0 spiro atoms. The van der Waals surface area contributed by atoms with E-state index >= 15 is 14.4 Å². The van der Waals surface area contributed by atoms with Crippen LogP contribution in [0.1, 0.15) is 109 Å². The second-order valence-corrected chi connectivity index (χ2v) is 26.4. The van der Waals surface area contributed by atoms with Gasteiger partial charge in [0, 0.05) is 38.8 Å². The lowest BCUT2D eigenvalue weighted by molar-refractivity contribution is -0.333. The molecule has 2 saturated heterocycles. The van der Waals surface area contributed by atoms with Crippen molar-refractivity contribution in [2.45, 2.75) is 156 Å². The molecule has 101 heavy (non-hydrogen) atoms. The average molecular weight is 1450 g/mol. The summed E-state index contributed by atoms with van der Waals surface area (Å²) in [5.41, 5.74) is 7.69. The lowest BCUT2D eigenvalue weighted by Gasteiger charge is -2.47. The molecule has 11 bridgehead atoms. The number of nitrogens with two attached hydrogens (primary N) is 2. The molecule has 0 saturated carbocycles. The SMILES string of the molecule is [2H][13C]([2H])([2H])N[C@H](CC(C)C)C(=O)N[C@H]1C(=O)N[C@@H](CC(N)=O)C(=O)N[C@H]2C(=O)N[C@H]3C(=O)N[C@H](C(=O)NC(C(=O)O)c4cc(O)cc(O)c4-c4cc3ccc4O)[C@H](O)c3ccc(c(Cl)c3)Oc3cc2cc(c3O[C@@H]2O[C@H](CO)[C@@H](O)[C@H](O)[C@H]2O[C@H]2C[C@](C)(N)[C@H](O)[C@H](C)O2)Oc2ccc(cc2Cl)[C@H]1O. The fourth-order valence-electron chi connectivity index (χ4n) is 12.4. The number of carbonyl (C=O) groups excluding carboxylic acids is 7. The number of likely N-dealkylation sites (N-methyl/N-ethyl adjacent to an activating group) is 1. The van der Waals surface area contributed by atoms with Crippen molar-refractivity contribution in [3.8, 4) is 57.1 Å². The number of aliphatic carboxylic acids is 1. The molecule has 12 rings (SSSR count). The minimum absolute atomic E-state index is 0.164. The Balaban J connectivity index is 1.24. The molecule has 7 amide bonds. The van der Waals surface area contributed by atoms with Crippen molar-refractivity contribution in [2.24, 2.45) is 17.4 Å². The number of halogens is 2. The van der Waals surface area contributed by atoms with Gasteiger partial charge in [0.15, 0.2) is 29.9 Å². The second-order valence-electron chi connectivity index (χ2n) is 25.6. The summed E-state index contributed by atoms with van der Waals surface area (Å²) >= 11 is 14.1. The Bertz CT molecular complexity index is 4200. The first-order valence-electron chi connectivity index (χ1n) is 32.9. The molecule has 1 unspecified atom stereocenters. The number of hydrogen-bond donors (Lipinski definition) is 19. The van der Waals surface area contributed by atoms with Crippen LogP contribution in [0.4, 0.5) is 0 Å². The molecule has 21 N–H and O–H groups in total. The van der Waals surface area contributed by atoms with Crippen LogP contribution in [0.5, 0.6) is 46.0 Å². The van der Waals surface area contributed by atoms with Crippen LogP contribution in [0.3, 0.4) is 0 Å². The molecular formula is C66H75Cl2N9O24. The van der Waals surface area contributed by atoms with Crippen LogP contribution in [0.25, 0.3) is 11.1 Å². The van der Waals surface area contributed by atoms with E-state index < -0.39 is 255 Å². The summed E-state index contributed by atoms with van der Waals surface area (Å²) in [7, 11) is 0. The smallest absolute Gasteiger partial charge is 0.330 e. The van der Waals surface area contributed by atoms with Gasteiger partial charge in [0.1, 0.15) is 89.5 Å². The number of carbonyl (C=O) groups is 8. The fraction of sp³-hybridized carbons (Fsp3) is 0.424. The van der Waals surface area contributed by atoms with Crippen LogP contribution >= 0.6 is 23.2 Å². The molecular weight excluding hydrogens is 1370 g/mol. The summed E-state index contributed by atoms with van der Waals surface area (Å²) in [6, 6.07) is -2.21. The number of nitrogens with one attached hydrogen (secondary N) is 7. The Hall–Kier alpha value is -9.20. The van der Waals surface area contributed by atoms with Crippen molar-refractivity contribution in [1.29, 1.82) is 0 Å². The van der Waals surface area contributed by atoms with Gasteiger partial charge in [0.25, 0.3) is 0 Å². The summed E-state index contributed by atoms with van der Waals surface area (Å²) in [4.78, 5) is 117. The molecule has 7 heterocycles. The van der Waals surface area contributed by atoms with Crippen molar-refractivity contribution in [3.05, 3.63) is 117 Å². The number of phenolic OH excluding ortho intramolecular Hbond substituents is 3. The van der Waals surface area contributed by atoms with Gasteiger partial charge >= 0.3 is 5.97 Å². The number of carboxylic acids is 1. The molecule has 18 atom stereocenters. The van der Waals surface area contributed by atoms with Crippen LogP contribution in [0.2, 0.25) is 10.0 Å². The van der Waals surface area contributed by atoms with Gasteiger partial charge in [-0.25, -0.2) is 4.79 Å². The van der Waals surface area contributed by atoms with Gasteiger partial charge in [-0.3, -0.25) is 33.6 Å². The minimum Gasteiger partial charge on any atom is -0.508 e. The first-order chi connectivity index (χ1) is 48.8. The molecule has 0 aliphatic carbocycles. The Morgan fingerprint density at radius 3 is 1.94 bits per heavy atom. The zero-order valence-electron chi connectivity index (χ0n) is 56.8. The third-order valence-electron chi connectivity index (χ3n) is 17.6. The largest absolute Gasteiger partial charge is 0.508 e. The Morgan fingerprint density at radius 1 is 0.733 bits per heavy atom. The summed E-state index contributed by atoms with van der Waals surface area (Å²) in [5.74, 6) is -17.3. The second kappa shape index (κ2) is 30.2. The molecule has 0 aromatic heterocycles. The lowest BCUT2D eigenvalue weighted by atomic mass is 9.86. The van der Waals surface area contributed by atoms with E-state index in [2.05, 4.69) is 37.2 Å². The lowest BCUT2D eigenvalue weighted by Crippen LogP contribution is -2.64. The number of carboxylic acid groups (broad SMARTS) is 1. The molecule has 7 aliphatic heterocycles. The standard InChI is InChI=1S/C66H75Cl2N9O24/c1-23(2)12-34(71-5)58(88)76-49-51(83)26-7-10-38(32(67)14-26)97-40-16-28-17-41(55(40)101-65-56(54(86)53(85)42(22-78)99-65)100-44-21-66(4,70)57(87)24(3)96-44)98-39-11-8-27(15-33(39)68)52(84)50-63(93)75-48(64(94)95)31-18-29(79)19-37(81)45(31)30-13-25(6-9-36(30)80)46(60(90)77-50)74-61(91)47(28)73-59(89)35(20-43(69)82)72-62(49)92/h6-11,13-19,23-24,34-35,42,44,46-54,56-57,65,71,78-81,83-87H,12,20-22,70H2,1-5H3,(H2,69,82)(H,72,92)(H,73,89)(H,74,91)(H,75,93)(H,76,88)(H,77,90)(H,94,95)/t24-,34+,35-,42+,44-,46+,47+,48?,49+,50-,51+,52+,53+,54-,56+,57+,65-,66-/m0/s1/i5+1D3. The van der Waals surface area contributed by atoms with E-state index in [0.29, 0.717) is 0 Å². The highest BCUT2D eigenvalue weighted by molar-refractivity contribution is 6.32. The first-order valence-corrected chi connectivity index (χ1v) is 32.1. The van der Waals surface area contributed by atoms with E-state index in [-0.39, 0.29) is 35.4 Å². The molecule has 35 heteroatoms. The number of fused-ring (bicyclic) bond motifs is 15. The van der Waals surface area contributed by atoms with E-state index in [9.17, 15) is 75.0 Å². The van der Waals surface area contributed by atoms with Crippen LogP contribution in [0, 0.1) is 5.92 Å². The number of ether oxygens (including phenoxy) is 6. The van der Waals surface area contributed by atoms with E-state index in [4.69, 9.17) is 67.2 Å². The highest BCUT2D eigenvalue weighted by Crippen LogP contribution is 2.50. The quantitative estimate of drug-likeness (QED) is 0.0695. The third-order valence-corrected chi connectivity index (χ3v) is 18.2. The van der Waals surface area contributed by atoms with Gasteiger partial charge in [-0.05, 0) is 110 Å². The zero-order valence-corrected chi connectivity index (χ0v) is 55.3. The summed E-state index contributed by atoms with van der Waals surface area (Å²) < 4.78 is 61.9. The van der Waals surface area contributed by atoms with Crippen molar-refractivity contribution in [1.82, 2.24) is 37.2 Å². The predicted octanol–water partition coefficient (Wildman–Crippen LogP) is 0.106. The van der Waals surface area contributed by atoms with E-state index in [1.54, 1.807) is 13.8 Å². The van der Waals surface area contributed by atoms with Gasteiger partial charge < -0.3 is 128 Å². The van der Waals surface area contributed by atoms with E-state index in [0.717, 1.165) is 78.9 Å². The van der Waals surface area contributed by atoms with E-state index in [1.807, 2.05) is 0 Å². The molecule has 7 aliphatic rings. The number of aliphatic hydroxyl groups excluding tert-OH is 6.